The summed E-state index contributed by atoms with van der Waals surface area (Å²) in [6.07, 6.45) is 4.68. The molecule has 0 spiro atoms. The van der Waals surface area contributed by atoms with E-state index in [1.165, 1.54) is 0 Å². The molecule has 3 aromatic rings. The first kappa shape index (κ1) is 17.0. The van der Waals surface area contributed by atoms with Crippen LogP contribution in [0.25, 0.3) is 10.8 Å². The molecule has 0 atom stereocenters. The van der Waals surface area contributed by atoms with E-state index >= 15 is 0 Å². The van der Waals surface area contributed by atoms with E-state index in [4.69, 9.17) is 11.6 Å². The zero-order chi connectivity index (χ0) is 17.9. The minimum atomic E-state index is 0.392. The van der Waals surface area contributed by atoms with Crippen molar-refractivity contribution in [2.24, 2.45) is 0 Å². The molecule has 0 amide bonds. The molecule has 2 aromatic heterocycles. The number of halogens is 1. The maximum Gasteiger partial charge on any atom is 0.139 e. The van der Waals surface area contributed by atoms with Gasteiger partial charge in [0.1, 0.15) is 23.1 Å². The van der Waals surface area contributed by atoms with Gasteiger partial charge in [-0.25, -0.2) is 15.0 Å². The lowest BCUT2D eigenvalue weighted by Crippen LogP contribution is -2.39. The van der Waals surface area contributed by atoms with Gasteiger partial charge in [0.25, 0.3) is 0 Å². The first-order valence-corrected chi connectivity index (χ1v) is 9.48. The van der Waals surface area contributed by atoms with E-state index in [1.807, 2.05) is 18.2 Å². The van der Waals surface area contributed by atoms with Gasteiger partial charge in [0.15, 0.2) is 0 Å². The van der Waals surface area contributed by atoms with Gasteiger partial charge in [-0.3, -0.25) is 0 Å². The molecule has 26 heavy (non-hydrogen) atoms. The van der Waals surface area contributed by atoms with E-state index in [9.17, 15) is 0 Å². The van der Waals surface area contributed by atoms with Crippen molar-refractivity contribution >= 4 is 34.0 Å². The van der Waals surface area contributed by atoms with Gasteiger partial charge in [-0.05, 0) is 30.7 Å². The normalized spacial score (nSPS) is 15.4. The Bertz CT molecular complexity index is 906. The lowest BCUT2D eigenvalue weighted by molar-refractivity contribution is 0.522. The Hall–Kier alpha value is -2.40. The zero-order valence-corrected chi connectivity index (χ0v) is 15.6. The lowest BCUT2D eigenvalue weighted by atomic mass is 10.0. The second kappa shape index (κ2) is 7.46. The molecule has 0 unspecified atom stereocenters. The van der Waals surface area contributed by atoms with Crippen LogP contribution in [0.4, 0.5) is 11.6 Å². The van der Waals surface area contributed by atoms with Gasteiger partial charge < -0.3 is 10.2 Å². The van der Waals surface area contributed by atoms with Crippen molar-refractivity contribution in [3.63, 3.8) is 0 Å². The highest BCUT2D eigenvalue weighted by atomic mass is 35.5. The Morgan fingerprint density at radius 1 is 1.15 bits per heavy atom. The van der Waals surface area contributed by atoms with E-state index < -0.39 is 0 Å². The molecule has 4 rings (SSSR count). The molecule has 6 heteroatoms. The van der Waals surface area contributed by atoms with E-state index in [2.05, 4.69) is 50.3 Å². The number of piperidine rings is 1. The van der Waals surface area contributed by atoms with Crippen molar-refractivity contribution < 1.29 is 0 Å². The molecule has 1 saturated heterocycles. The first-order chi connectivity index (χ1) is 12.7. The molecule has 5 nitrogen and oxygen atoms in total. The molecule has 0 radical (unpaired) electrons. The van der Waals surface area contributed by atoms with Gasteiger partial charge in [-0.2, -0.15) is 0 Å². The van der Waals surface area contributed by atoms with Gasteiger partial charge in [0.05, 0.1) is 0 Å². The topological polar surface area (TPSA) is 53.9 Å². The Labute approximate surface area is 158 Å². The average Bonchev–Trinajstić information content (AvgIpc) is 2.69. The van der Waals surface area contributed by atoms with Crippen LogP contribution in [-0.4, -0.2) is 34.1 Å². The fourth-order valence-electron chi connectivity index (χ4n) is 3.44. The number of nitrogens with one attached hydrogen (secondary N) is 1. The Morgan fingerprint density at radius 2 is 1.96 bits per heavy atom. The minimum Gasteiger partial charge on any atom is -0.367 e. The number of aryl methyl sites for hydroxylation is 1. The van der Waals surface area contributed by atoms with Crippen LogP contribution < -0.4 is 10.2 Å². The van der Waals surface area contributed by atoms with Gasteiger partial charge in [-0.15, -0.1) is 0 Å². The van der Waals surface area contributed by atoms with E-state index in [0.29, 0.717) is 11.2 Å². The van der Waals surface area contributed by atoms with Gasteiger partial charge in [0.2, 0.25) is 0 Å². The fourth-order valence-corrected chi connectivity index (χ4v) is 3.71. The van der Waals surface area contributed by atoms with Crippen LogP contribution in [0.5, 0.6) is 0 Å². The minimum absolute atomic E-state index is 0.392. The average molecular weight is 368 g/mol. The van der Waals surface area contributed by atoms with Crippen LogP contribution in [0.1, 0.15) is 25.5 Å². The van der Waals surface area contributed by atoms with Gasteiger partial charge in [-0.1, -0.05) is 42.8 Å². The van der Waals surface area contributed by atoms with Crippen molar-refractivity contribution in [2.75, 3.05) is 23.3 Å². The maximum absolute atomic E-state index is 6.34. The molecule has 0 saturated carbocycles. The van der Waals surface area contributed by atoms with E-state index in [0.717, 1.165) is 60.5 Å². The van der Waals surface area contributed by atoms with Crippen LogP contribution in [0, 0.1) is 0 Å². The third kappa shape index (κ3) is 3.58. The number of hydrogen-bond donors (Lipinski definition) is 1. The van der Waals surface area contributed by atoms with Crippen LogP contribution in [0.15, 0.2) is 42.7 Å². The summed E-state index contributed by atoms with van der Waals surface area (Å²) < 4.78 is 0. The van der Waals surface area contributed by atoms with Gasteiger partial charge >= 0.3 is 0 Å². The molecule has 0 bridgehead atoms. The first-order valence-electron chi connectivity index (χ1n) is 9.10. The Kier molecular flexibility index (Phi) is 4.89. The molecule has 1 aliphatic heterocycles. The van der Waals surface area contributed by atoms with Crippen molar-refractivity contribution in [2.45, 2.75) is 32.2 Å². The van der Waals surface area contributed by atoms with E-state index in [-0.39, 0.29) is 0 Å². The number of anilines is 2. The second-order valence-corrected chi connectivity index (χ2v) is 7.00. The quantitative estimate of drug-likeness (QED) is 0.696. The summed E-state index contributed by atoms with van der Waals surface area (Å²) in [6, 6.07) is 12.6. The Morgan fingerprint density at radius 3 is 2.77 bits per heavy atom. The van der Waals surface area contributed by atoms with Crippen LogP contribution >= 0.6 is 11.6 Å². The largest absolute Gasteiger partial charge is 0.367 e. The number of pyridine rings is 1. The summed E-state index contributed by atoms with van der Waals surface area (Å²) in [7, 11) is 0. The summed E-state index contributed by atoms with van der Waals surface area (Å²) in [6.45, 7) is 4.06. The molecular weight excluding hydrogens is 346 g/mol. The van der Waals surface area contributed by atoms with Crippen molar-refractivity contribution in [3.8, 4) is 0 Å². The second-order valence-electron chi connectivity index (χ2n) is 6.65. The number of aromatic nitrogens is 3. The zero-order valence-electron chi connectivity index (χ0n) is 14.8. The molecule has 1 aliphatic rings. The number of rotatable bonds is 4. The smallest absolute Gasteiger partial charge is 0.139 e. The molecule has 1 fully saturated rings. The number of nitrogens with zero attached hydrogens (tertiary/aromatic N) is 4. The lowest BCUT2D eigenvalue weighted by Gasteiger charge is -2.33. The summed E-state index contributed by atoms with van der Waals surface area (Å²) >= 11 is 6.34. The van der Waals surface area contributed by atoms with Crippen molar-refractivity contribution in [1.82, 2.24) is 15.0 Å². The number of fused-ring (bicyclic) bond motifs is 1. The molecule has 0 aliphatic carbocycles. The third-order valence-electron chi connectivity index (χ3n) is 4.94. The highest BCUT2D eigenvalue weighted by Gasteiger charge is 2.21. The monoisotopic (exact) mass is 367 g/mol. The van der Waals surface area contributed by atoms with E-state index in [1.54, 1.807) is 6.33 Å². The predicted octanol–water partition coefficient (Wildman–Crippen LogP) is 4.32. The summed E-state index contributed by atoms with van der Waals surface area (Å²) in [5, 5.41) is 6.21. The van der Waals surface area contributed by atoms with Crippen LogP contribution in [0.3, 0.4) is 0 Å². The molecule has 134 valence electrons. The van der Waals surface area contributed by atoms with Crippen molar-refractivity contribution in [3.05, 3.63) is 53.6 Å². The fraction of sp³-hybridized carbons (Fsp3) is 0.350. The van der Waals surface area contributed by atoms with Gasteiger partial charge in [0, 0.05) is 36.3 Å². The maximum atomic E-state index is 6.34. The molecule has 3 heterocycles. The Balaban J connectivity index is 1.42. The van der Waals surface area contributed by atoms with Crippen LogP contribution in [-0.2, 0) is 6.42 Å². The predicted molar refractivity (Wildman–Crippen MR) is 107 cm³/mol. The number of hydrogen-bond acceptors (Lipinski definition) is 5. The standard InChI is InChI=1S/C20H22ClN5/c1-2-15-12-19(23-13-22-15)26-9-7-16(8-10-26)24-18-11-14-5-3-4-6-17(14)20(21)25-18/h3-6,11-13,16H,2,7-10H2,1H3,(H,24,25). The molecular formula is C20H22ClN5. The third-order valence-corrected chi connectivity index (χ3v) is 5.22. The van der Waals surface area contributed by atoms with Crippen molar-refractivity contribution in [1.29, 1.82) is 0 Å². The summed E-state index contributed by atoms with van der Waals surface area (Å²) in [5.41, 5.74) is 1.09. The SMILES string of the molecule is CCc1cc(N2CCC(Nc3cc4ccccc4c(Cl)n3)CC2)ncn1. The number of benzene rings is 1. The highest BCUT2D eigenvalue weighted by Crippen LogP contribution is 2.26. The molecule has 1 aromatic carbocycles. The summed E-state index contributed by atoms with van der Waals surface area (Å²) in [4.78, 5) is 15.6. The molecule has 1 N–H and O–H groups in total. The van der Waals surface area contributed by atoms with Crippen LogP contribution in [0.2, 0.25) is 5.15 Å². The summed E-state index contributed by atoms with van der Waals surface area (Å²) in [5.74, 6) is 1.88. The highest BCUT2D eigenvalue weighted by molar-refractivity contribution is 6.34.